The summed E-state index contributed by atoms with van der Waals surface area (Å²) in [5.41, 5.74) is 5.61. The first kappa shape index (κ1) is 40.7. The summed E-state index contributed by atoms with van der Waals surface area (Å²) in [5.74, 6) is -1.41. The van der Waals surface area contributed by atoms with E-state index in [-0.39, 0.29) is 41.1 Å². The summed E-state index contributed by atoms with van der Waals surface area (Å²) in [6.07, 6.45) is 7.38. The fourth-order valence-electron chi connectivity index (χ4n) is 12.3. The minimum atomic E-state index is -0.862. The van der Waals surface area contributed by atoms with Gasteiger partial charge in [-0.15, -0.1) is 0 Å². The van der Waals surface area contributed by atoms with Crippen molar-refractivity contribution >= 4 is 23.8 Å². The van der Waals surface area contributed by atoms with Crippen molar-refractivity contribution in [3.8, 4) is 0 Å². The molecular formula is C41H66N2O9. The molecule has 11 nitrogen and oxygen atoms in total. The topological polar surface area (TPSA) is 163 Å². The van der Waals surface area contributed by atoms with Gasteiger partial charge in [0.25, 0.3) is 0 Å². The number of nitrogens with two attached hydrogens (primary N) is 1. The molecule has 0 radical (unpaired) electrons. The molecule has 4 aliphatic carbocycles. The highest BCUT2D eigenvalue weighted by molar-refractivity contribution is 5.77. The van der Waals surface area contributed by atoms with E-state index in [1.165, 1.54) is 19.6 Å². The van der Waals surface area contributed by atoms with Gasteiger partial charge in [-0.05, 0) is 97.7 Å². The van der Waals surface area contributed by atoms with Gasteiger partial charge >= 0.3 is 17.9 Å². The van der Waals surface area contributed by atoms with Crippen molar-refractivity contribution in [2.75, 3.05) is 33.5 Å². The van der Waals surface area contributed by atoms with Gasteiger partial charge in [-0.3, -0.25) is 19.2 Å². The van der Waals surface area contributed by atoms with Crippen LogP contribution in [-0.4, -0.2) is 80.6 Å². The molecule has 1 aliphatic heterocycles. The van der Waals surface area contributed by atoms with Crippen molar-refractivity contribution in [1.82, 2.24) is 5.32 Å². The van der Waals surface area contributed by atoms with Crippen molar-refractivity contribution < 1.29 is 43.2 Å². The number of unbranched alkanes of at least 4 members (excludes halogenated alkanes) is 1. The molecule has 5 rings (SSSR count). The zero-order chi connectivity index (χ0) is 38.4. The monoisotopic (exact) mass is 730 g/mol. The van der Waals surface area contributed by atoms with Crippen molar-refractivity contribution in [2.24, 2.45) is 62.4 Å². The number of carbonyl (C=O) groups is 4. The van der Waals surface area contributed by atoms with Crippen LogP contribution in [0.4, 0.5) is 0 Å². The van der Waals surface area contributed by atoms with Crippen LogP contribution in [0.2, 0.25) is 0 Å². The largest absolute Gasteiger partial charge is 0.481 e. The lowest BCUT2D eigenvalue weighted by atomic mass is 9.34. The third kappa shape index (κ3) is 6.63. The predicted molar refractivity (Wildman–Crippen MR) is 196 cm³/mol. The molecule has 294 valence electrons. The molecule has 12 atom stereocenters. The second-order valence-corrected chi connectivity index (χ2v) is 18.4. The number of aliphatic carboxylic acids is 1. The Kier molecular flexibility index (Phi) is 11.7. The molecule has 1 heterocycles. The third-order valence-electron chi connectivity index (χ3n) is 15.5. The van der Waals surface area contributed by atoms with Crippen LogP contribution in [0, 0.1) is 56.7 Å². The van der Waals surface area contributed by atoms with Crippen LogP contribution in [0.1, 0.15) is 113 Å². The number of hydrogen-bond donors (Lipinski definition) is 3. The van der Waals surface area contributed by atoms with Crippen LogP contribution in [-0.2, 0) is 38.1 Å². The number of hydrogen-bond acceptors (Lipinski definition) is 9. The van der Waals surface area contributed by atoms with Crippen LogP contribution in [0.25, 0.3) is 0 Å². The number of methoxy groups -OCH3 is 1. The lowest BCUT2D eigenvalue weighted by molar-refractivity contribution is -0.263. The first-order valence-corrected chi connectivity index (χ1v) is 19.7. The van der Waals surface area contributed by atoms with E-state index < -0.39 is 58.3 Å². The first-order chi connectivity index (χ1) is 24.3. The molecule has 3 saturated carbocycles. The molecule has 2 bridgehead atoms. The molecular weight excluding hydrogens is 664 g/mol. The number of carboxylic acid groups (broad SMARTS) is 1. The number of esters is 2. The van der Waals surface area contributed by atoms with Gasteiger partial charge in [-0.2, -0.15) is 0 Å². The lowest BCUT2D eigenvalue weighted by Gasteiger charge is -2.71. The van der Waals surface area contributed by atoms with Crippen molar-refractivity contribution in [2.45, 2.75) is 131 Å². The summed E-state index contributed by atoms with van der Waals surface area (Å²) >= 11 is 0. The SMILES string of the molecule is COCC(=O)NCCCCC(N)C(=O)O[C@H]1[C@H](OC(C)=O)C[C@]23COC[C@]1(C)[C@@H]2CC[C@H]1C3=CC[C@@]2(C)[C@H](C(=O)O)[C@@](C)([C@H](C)C(C)C)CC[C@]12C. The number of carbonyl (C=O) groups excluding carboxylic acids is 3. The van der Waals surface area contributed by atoms with E-state index in [1.54, 1.807) is 0 Å². The van der Waals surface area contributed by atoms with E-state index in [4.69, 9.17) is 24.7 Å². The van der Waals surface area contributed by atoms with E-state index in [0.717, 1.165) is 25.7 Å². The Bertz CT molecular complexity index is 1420. The standard InChI is InChI=1S/C41H66N2O9/c1-24(2)25(3)37(5)17-18-39(7)27-13-14-31-38(6)22-50-23-41(31,28(27)15-16-40(39,8)33(37)35(46)47)20-30(51-26(4)44)34(38)52-36(48)29(42)12-10-11-19-43-32(45)21-49-9/h15,24-25,27,29-31,33-34H,10-14,16-23,42H2,1-9H3,(H,43,45)(H,46,47)/t25-,27+,29?,30-,31+,33-,34+,37-,38-,39-,40+,41-/m1/s1. The van der Waals surface area contributed by atoms with E-state index in [0.29, 0.717) is 57.8 Å². The Morgan fingerprint density at radius 1 is 1.02 bits per heavy atom. The number of ether oxygens (including phenoxy) is 4. The average Bonchev–Trinajstić information content (AvgIpc) is 3.06. The maximum atomic E-state index is 13.6. The maximum absolute atomic E-state index is 13.6. The highest BCUT2D eigenvalue weighted by atomic mass is 16.6. The molecule has 52 heavy (non-hydrogen) atoms. The molecule has 1 unspecified atom stereocenters. The number of nitrogens with one attached hydrogen (secondary N) is 1. The predicted octanol–water partition coefficient (Wildman–Crippen LogP) is 5.68. The fourth-order valence-corrected chi connectivity index (χ4v) is 12.3. The van der Waals surface area contributed by atoms with Crippen LogP contribution in [0.3, 0.4) is 0 Å². The summed E-state index contributed by atoms with van der Waals surface area (Å²) in [6.45, 7) is 18.3. The van der Waals surface area contributed by atoms with Crippen molar-refractivity contribution in [3.05, 3.63) is 11.6 Å². The first-order valence-electron chi connectivity index (χ1n) is 19.7. The number of allylic oxidation sites excluding steroid dienone is 1. The minimum absolute atomic E-state index is 0.000581. The van der Waals surface area contributed by atoms with E-state index in [2.05, 4.69) is 59.9 Å². The second-order valence-electron chi connectivity index (χ2n) is 18.4. The van der Waals surface area contributed by atoms with Gasteiger partial charge in [0.15, 0.2) is 0 Å². The molecule has 4 N–H and O–H groups in total. The van der Waals surface area contributed by atoms with Crippen molar-refractivity contribution in [3.63, 3.8) is 0 Å². The normalized spacial score (nSPS) is 40.6. The molecule has 1 saturated heterocycles. The Hall–Kier alpha value is -2.50. The minimum Gasteiger partial charge on any atom is -0.481 e. The van der Waals surface area contributed by atoms with Gasteiger partial charge in [0.2, 0.25) is 5.91 Å². The van der Waals surface area contributed by atoms with Gasteiger partial charge in [-0.1, -0.05) is 60.1 Å². The van der Waals surface area contributed by atoms with Gasteiger partial charge in [0, 0.05) is 31.4 Å². The molecule has 4 fully saturated rings. The fraction of sp³-hybridized carbons (Fsp3) is 0.854. The van der Waals surface area contributed by atoms with Gasteiger partial charge < -0.3 is 35.1 Å². The van der Waals surface area contributed by atoms with Gasteiger partial charge in [0.1, 0.15) is 24.9 Å². The number of rotatable bonds is 13. The summed E-state index contributed by atoms with van der Waals surface area (Å²) in [4.78, 5) is 51.3. The highest BCUT2D eigenvalue weighted by Gasteiger charge is 2.72. The molecule has 1 amide bonds. The maximum Gasteiger partial charge on any atom is 0.323 e. The molecule has 11 heteroatoms. The van der Waals surface area contributed by atoms with Crippen LogP contribution in [0.15, 0.2) is 11.6 Å². The smallest absolute Gasteiger partial charge is 0.323 e. The Morgan fingerprint density at radius 3 is 2.37 bits per heavy atom. The number of carboxylic acids is 1. The molecule has 5 aliphatic rings. The second kappa shape index (κ2) is 15.0. The molecule has 0 aromatic heterocycles. The average molecular weight is 731 g/mol. The Morgan fingerprint density at radius 2 is 1.73 bits per heavy atom. The van der Waals surface area contributed by atoms with Crippen molar-refractivity contribution in [1.29, 1.82) is 0 Å². The van der Waals surface area contributed by atoms with Gasteiger partial charge in [-0.25, -0.2) is 0 Å². The molecule has 0 spiro atoms. The number of fused-ring (bicyclic) bond motifs is 3. The van der Waals surface area contributed by atoms with Crippen LogP contribution >= 0.6 is 0 Å². The number of amides is 1. The summed E-state index contributed by atoms with van der Waals surface area (Å²) in [5, 5.41) is 13.8. The quantitative estimate of drug-likeness (QED) is 0.122. The summed E-state index contributed by atoms with van der Waals surface area (Å²) in [7, 11) is 1.47. The van der Waals surface area contributed by atoms with E-state index >= 15 is 0 Å². The zero-order valence-corrected chi connectivity index (χ0v) is 33.2. The molecule has 0 aromatic carbocycles. The lowest BCUT2D eigenvalue weighted by Crippen LogP contribution is -2.70. The third-order valence-corrected chi connectivity index (χ3v) is 15.5. The summed E-state index contributed by atoms with van der Waals surface area (Å²) < 4.78 is 23.7. The Labute approximate surface area is 310 Å². The van der Waals surface area contributed by atoms with Gasteiger partial charge in [0.05, 0.1) is 19.1 Å². The highest BCUT2D eigenvalue weighted by Crippen LogP contribution is 2.75. The van der Waals surface area contributed by atoms with E-state index in [1.807, 2.05) is 0 Å². The molecule has 0 aromatic rings. The van der Waals surface area contributed by atoms with E-state index in [9.17, 15) is 24.3 Å². The van der Waals surface area contributed by atoms with Crippen LogP contribution in [0.5, 0.6) is 0 Å². The summed E-state index contributed by atoms with van der Waals surface area (Å²) in [6, 6.07) is -0.862. The zero-order valence-electron chi connectivity index (χ0n) is 33.2. The van der Waals surface area contributed by atoms with Crippen LogP contribution < -0.4 is 11.1 Å². The Balaban J connectivity index is 1.42.